The molecule has 3 aromatic rings. The van der Waals surface area contributed by atoms with Crippen molar-refractivity contribution in [1.82, 2.24) is 9.29 Å². The lowest BCUT2D eigenvalue weighted by Crippen LogP contribution is -2.38. The van der Waals surface area contributed by atoms with Crippen LogP contribution in [0.4, 0.5) is 0 Å². The summed E-state index contributed by atoms with van der Waals surface area (Å²) in [4.78, 5) is 15.9. The third-order valence-corrected chi connectivity index (χ3v) is 8.59. The van der Waals surface area contributed by atoms with Crippen molar-refractivity contribution in [2.45, 2.75) is 44.2 Å². The number of hydrogen-bond donors (Lipinski definition) is 1. The second-order valence-corrected chi connectivity index (χ2v) is 10.8. The Balaban J connectivity index is 1.76. The minimum absolute atomic E-state index is 0.0261. The van der Waals surface area contributed by atoms with E-state index in [1.807, 2.05) is 26.0 Å². The summed E-state index contributed by atoms with van der Waals surface area (Å²) in [6, 6.07) is 12.5. The fraction of sp³-hybridized carbons (Fsp3) is 0.348. The summed E-state index contributed by atoms with van der Waals surface area (Å²) in [6.45, 7) is 4.81. The first kappa shape index (κ1) is 22.2. The van der Waals surface area contributed by atoms with E-state index in [0.29, 0.717) is 16.6 Å². The second kappa shape index (κ2) is 8.86. The van der Waals surface area contributed by atoms with Crippen LogP contribution in [0.1, 0.15) is 29.5 Å². The van der Waals surface area contributed by atoms with Gasteiger partial charge in [-0.05, 0) is 89.5 Å². The average molecular weight is 505 g/mol. The van der Waals surface area contributed by atoms with E-state index < -0.39 is 10.0 Å². The van der Waals surface area contributed by atoms with Gasteiger partial charge in [-0.1, -0.05) is 12.1 Å². The number of nitrogens with one attached hydrogen (secondary N) is 1. The van der Waals surface area contributed by atoms with Gasteiger partial charge in [0.15, 0.2) is 0 Å². The molecule has 0 amide bonds. The molecule has 1 atom stereocenters. The summed E-state index contributed by atoms with van der Waals surface area (Å²) >= 11 is 3.36. The van der Waals surface area contributed by atoms with Crippen LogP contribution in [0.2, 0.25) is 0 Å². The molecule has 0 spiro atoms. The van der Waals surface area contributed by atoms with E-state index in [-0.39, 0.29) is 29.6 Å². The highest BCUT2D eigenvalue weighted by molar-refractivity contribution is 9.10. The molecule has 164 valence electrons. The van der Waals surface area contributed by atoms with Gasteiger partial charge in [-0.15, -0.1) is 0 Å². The predicted octanol–water partition coefficient (Wildman–Crippen LogP) is 4.28. The summed E-state index contributed by atoms with van der Waals surface area (Å²) < 4.78 is 34.7. The fourth-order valence-electron chi connectivity index (χ4n) is 3.89. The third kappa shape index (κ3) is 4.62. The smallest absolute Gasteiger partial charge is 0.252 e. The monoisotopic (exact) mass is 504 g/mol. The molecule has 6 nitrogen and oxygen atoms in total. The largest absolute Gasteiger partial charge is 0.377 e. The van der Waals surface area contributed by atoms with Crippen molar-refractivity contribution >= 4 is 36.9 Å². The van der Waals surface area contributed by atoms with Crippen molar-refractivity contribution < 1.29 is 13.2 Å². The molecule has 4 rings (SSSR count). The number of sulfonamides is 1. The van der Waals surface area contributed by atoms with Crippen LogP contribution in [-0.4, -0.2) is 37.0 Å². The fourth-order valence-corrected chi connectivity index (χ4v) is 6.30. The molecule has 2 aromatic carbocycles. The first-order valence-corrected chi connectivity index (χ1v) is 12.5. The van der Waals surface area contributed by atoms with E-state index in [9.17, 15) is 13.2 Å². The molecule has 1 unspecified atom stereocenters. The lowest BCUT2D eigenvalue weighted by Gasteiger charge is -2.25. The number of aromatic nitrogens is 1. The third-order valence-electron chi connectivity index (χ3n) is 5.77. The molecule has 31 heavy (non-hydrogen) atoms. The van der Waals surface area contributed by atoms with Crippen LogP contribution < -0.4 is 5.56 Å². The van der Waals surface area contributed by atoms with Gasteiger partial charge >= 0.3 is 0 Å². The van der Waals surface area contributed by atoms with Gasteiger partial charge in [0.1, 0.15) is 0 Å². The van der Waals surface area contributed by atoms with Crippen molar-refractivity contribution in [3.05, 3.63) is 74.0 Å². The molecule has 0 aliphatic carbocycles. The van der Waals surface area contributed by atoms with Gasteiger partial charge in [-0.2, -0.15) is 4.31 Å². The van der Waals surface area contributed by atoms with Crippen LogP contribution in [-0.2, 0) is 21.3 Å². The van der Waals surface area contributed by atoms with Crippen LogP contribution in [0, 0.1) is 13.8 Å². The second-order valence-electron chi connectivity index (χ2n) is 8.01. The molecule has 1 aliphatic rings. The Morgan fingerprint density at radius 1 is 1.16 bits per heavy atom. The number of ether oxygens (including phenoxy) is 1. The Hall–Kier alpha value is -2.00. The standard InChI is InChI=1S/C23H25BrN2O4S/c1-15-10-17-12-18(23(27)25-21(17)11-16(15)2)13-26(14-19-6-5-9-30-19)31(28,29)22-8-4-3-7-20(22)24/h3-4,7-8,10-12,19H,5-6,9,13-14H2,1-2H3,(H,25,27). The number of halogens is 1. The van der Waals surface area contributed by atoms with Gasteiger partial charge in [0, 0.05) is 35.2 Å². The lowest BCUT2D eigenvalue weighted by molar-refractivity contribution is 0.0925. The molecule has 2 heterocycles. The minimum Gasteiger partial charge on any atom is -0.377 e. The van der Waals surface area contributed by atoms with Gasteiger partial charge in [0.25, 0.3) is 5.56 Å². The Morgan fingerprint density at radius 2 is 1.90 bits per heavy atom. The zero-order chi connectivity index (χ0) is 22.2. The molecular weight excluding hydrogens is 480 g/mol. The zero-order valence-electron chi connectivity index (χ0n) is 17.5. The van der Waals surface area contributed by atoms with E-state index in [1.165, 1.54) is 4.31 Å². The maximum absolute atomic E-state index is 13.5. The van der Waals surface area contributed by atoms with Crippen LogP contribution in [0.3, 0.4) is 0 Å². The van der Waals surface area contributed by atoms with Crippen LogP contribution in [0.15, 0.2) is 56.6 Å². The highest BCUT2D eigenvalue weighted by Crippen LogP contribution is 2.27. The maximum Gasteiger partial charge on any atom is 0.252 e. The number of benzene rings is 2. The molecular formula is C23H25BrN2O4S. The highest BCUT2D eigenvalue weighted by atomic mass is 79.9. The number of nitrogens with zero attached hydrogens (tertiary/aromatic N) is 1. The van der Waals surface area contributed by atoms with Crippen molar-refractivity contribution in [3.63, 3.8) is 0 Å². The van der Waals surface area contributed by atoms with Gasteiger partial charge in [-0.25, -0.2) is 8.42 Å². The van der Waals surface area contributed by atoms with Gasteiger partial charge in [-0.3, -0.25) is 4.79 Å². The first-order valence-electron chi connectivity index (χ1n) is 10.2. The van der Waals surface area contributed by atoms with Crippen LogP contribution in [0.25, 0.3) is 10.9 Å². The van der Waals surface area contributed by atoms with Gasteiger partial charge in [0.05, 0.1) is 11.0 Å². The molecule has 0 bridgehead atoms. The topological polar surface area (TPSA) is 79.5 Å². The van der Waals surface area contributed by atoms with E-state index in [1.54, 1.807) is 30.3 Å². The first-order chi connectivity index (χ1) is 14.8. The Morgan fingerprint density at radius 3 is 2.61 bits per heavy atom. The molecule has 0 radical (unpaired) electrons. The van der Waals surface area contributed by atoms with Crippen LogP contribution in [0.5, 0.6) is 0 Å². The summed E-state index contributed by atoms with van der Waals surface area (Å²) in [7, 11) is -3.85. The minimum atomic E-state index is -3.85. The molecule has 1 aliphatic heterocycles. The van der Waals surface area contributed by atoms with Crippen molar-refractivity contribution in [2.75, 3.05) is 13.2 Å². The molecule has 1 N–H and O–H groups in total. The summed E-state index contributed by atoms with van der Waals surface area (Å²) in [5.74, 6) is 0. The highest BCUT2D eigenvalue weighted by Gasteiger charge is 2.31. The Labute approximate surface area is 190 Å². The summed E-state index contributed by atoms with van der Waals surface area (Å²) in [5, 5.41) is 0.882. The normalized spacial score (nSPS) is 17.0. The van der Waals surface area contributed by atoms with E-state index >= 15 is 0 Å². The van der Waals surface area contributed by atoms with Gasteiger partial charge in [0.2, 0.25) is 10.0 Å². The summed E-state index contributed by atoms with van der Waals surface area (Å²) in [5.41, 5.74) is 3.07. The van der Waals surface area contributed by atoms with Gasteiger partial charge < -0.3 is 9.72 Å². The number of hydrogen-bond acceptors (Lipinski definition) is 4. The number of pyridine rings is 1. The summed E-state index contributed by atoms with van der Waals surface area (Å²) in [6.07, 6.45) is 1.53. The molecule has 1 aromatic heterocycles. The van der Waals surface area contributed by atoms with E-state index in [4.69, 9.17) is 4.74 Å². The van der Waals surface area contributed by atoms with Crippen molar-refractivity contribution in [2.24, 2.45) is 0 Å². The molecule has 1 saturated heterocycles. The number of aromatic amines is 1. The van der Waals surface area contributed by atoms with E-state index in [0.717, 1.165) is 34.9 Å². The Bertz CT molecular complexity index is 1280. The number of aryl methyl sites for hydroxylation is 2. The predicted molar refractivity (Wildman–Crippen MR) is 125 cm³/mol. The number of fused-ring (bicyclic) bond motifs is 1. The van der Waals surface area contributed by atoms with Crippen molar-refractivity contribution in [3.8, 4) is 0 Å². The molecule has 0 saturated carbocycles. The lowest BCUT2D eigenvalue weighted by atomic mass is 10.0. The van der Waals surface area contributed by atoms with E-state index in [2.05, 4.69) is 20.9 Å². The Kier molecular flexibility index (Phi) is 6.35. The molecule has 8 heteroatoms. The number of rotatable bonds is 6. The SMILES string of the molecule is Cc1cc2cc(CN(CC3CCCO3)S(=O)(=O)c3ccccc3Br)c(=O)[nH]c2cc1C. The maximum atomic E-state index is 13.5. The molecule has 1 fully saturated rings. The quantitative estimate of drug-likeness (QED) is 0.543. The number of H-pyrrole nitrogens is 1. The van der Waals surface area contributed by atoms with Crippen LogP contribution >= 0.6 is 15.9 Å². The zero-order valence-corrected chi connectivity index (χ0v) is 19.9. The average Bonchev–Trinajstić information content (AvgIpc) is 3.23. The van der Waals surface area contributed by atoms with Crippen molar-refractivity contribution in [1.29, 1.82) is 0 Å².